The highest BCUT2D eigenvalue weighted by molar-refractivity contribution is 5.40. The van der Waals surface area contributed by atoms with Crippen LogP contribution in [-0.2, 0) is 6.42 Å². The normalized spacial score (nSPS) is 17.4. The summed E-state index contributed by atoms with van der Waals surface area (Å²) >= 11 is 0. The first-order valence-corrected chi connectivity index (χ1v) is 7.07. The van der Waals surface area contributed by atoms with Gasteiger partial charge in [0.1, 0.15) is 5.75 Å². The molecule has 0 amide bonds. The van der Waals surface area contributed by atoms with Crippen molar-refractivity contribution in [2.45, 2.75) is 46.1 Å². The fourth-order valence-electron chi connectivity index (χ4n) is 2.42. The van der Waals surface area contributed by atoms with Crippen LogP contribution in [0.3, 0.4) is 0 Å². The SMILES string of the molecule is CC(C)NCC(C)C(C)c1ccc2c(c1)CCO2. The topological polar surface area (TPSA) is 21.3 Å². The standard InChI is InChI=1S/C16H25NO/c1-11(2)17-10-12(3)13(4)14-5-6-16-15(9-14)7-8-18-16/h5-6,9,11-13,17H,7-8,10H2,1-4H3. The van der Waals surface area contributed by atoms with Gasteiger partial charge >= 0.3 is 0 Å². The maximum absolute atomic E-state index is 5.56. The van der Waals surface area contributed by atoms with Gasteiger partial charge in [0.25, 0.3) is 0 Å². The first kappa shape index (κ1) is 13.4. The monoisotopic (exact) mass is 247 g/mol. The van der Waals surface area contributed by atoms with Gasteiger partial charge in [0.15, 0.2) is 0 Å². The van der Waals surface area contributed by atoms with E-state index in [2.05, 4.69) is 51.2 Å². The third-order valence-electron chi connectivity index (χ3n) is 3.94. The molecule has 2 rings (SSSR count). The second kappa shape index (κ2) is 5.75. The lowest BCUT2D eigenvalue weighted by Crippen LogP contribution is -2.29. The minimum atomic E-state index is 0.563. The highest BCUT2D eigenvalue weighted by Gasteiger charge is 2.18. The van der Waals surface area contributed by atoms with E-state index in [1.165, 1.54) is 11.1 Å². The Morgan fingerprint density at radius 1 is 1.22 bits per heavy atom. The minimum Gasteiger partial charge on any atom is -0.493 e. The Morgan fingerprint density at radius 2 is 2.00 bits per heavy atom. The summed E-state index contributed by atoms with van der Waals surface area (Å²) in [7, 11) is 0. The van der Waals surface area contributed by atoms with E-state index in [4.69, 9.17) is 4.74 Å². The number of hydrogen-bond donors (Lipinski definition) is 1. The molecule has 0 aliphatic carbocycles. The minimum absolute atomic E-state index is 0.563. The largest absolute Gasteiger partial charge is 0.493 e. The van der Waals surface area contributed by atoms with Crippen molar-refractivity contribution in [1.29, 1.82) is 0 Å². The van der Waals surface area contributed by atoms with E-state index in [1.54, 1.807) is 0 Å². The van der Waals surface area contributed by atoms with Crippen LogP contribution in [0, 0.1) is 5.92 Å². The summed E-state index contributed by atoms with van der Waals surface area (Å²) in [5, 5.41) is 3.52. The third-order valence-corrected chi connectivity index (χ3v) is 3.94. The van der Waals surface area contributed by atoms with Crippen molar-refractivity contribution in [2.75, 3.05) is 13.2 Å². The van der Waals surface area contributed by atoms with Crippen molar-refractivity contribution in [1.82, 2.24) is 5.32 Å². The van der Waals surface area contributed by atoms with Crippen LogP contribution in [0.25, 0.3) is 0 Å². The van der Waals surface area contributed by atoms with Crippen LogP contribution in [0.15, 0.2) is 18.2 Å². The molecule has 2 nitrogen and oxygen atoms in total. The molecule has 1 heterocycles. The number of rotatable bonds is 5. The second-order valence-corrected chi connectivity index (χ2v) is 5.79. The lowest BCUT2D eigenvalue weighted by Gasteiger charge is -2.22. The van der Waals surface area contributed by atoms with Crippen molar-refractivity contribution in [3.8, 4) is 5.75 Å². The van der Waals surface area contributed by atoms with Crippen LogP contribution in [-0.4, -0.2) is 19.2 Å². The van der Waals surface area contributed by atoms with Gasteiger partial charge in [-0.05, 0) is 35.6 Å². The molecule has 1 aromatic carbocycles. The Labute approximate surface area is 111 Å². The molecular weight excluding hydrogens is 222 g/mol. The highest BCUT2D eigenvalue weighted by Crippen LogP contribution is 2.31. The molecule has 0 bridgehead atoms. The molecule has 2 heteroatoms. The smallest absolute Gasteiger partial charge is 0.122 e. The average molecular weight is 247 g/mol. The lowest BCUT2D eigenvalue weighted by molar-refractivity contribution is 0.356. The Hall–Kier alpha value is -1.02. The quantitative estimate of drug-likeness (QED) is 0.861. The molecule has 0 fully saturated rings. The van der Waals surface area contributed by atoms with E-state index in [-0.39, 0.29) is 0 Å². The fourth-order valence-corrected chi connectivity index (χ4v) is 2.42. The van der Waals surface area contributed by atoms with Crippen LogP contribution >= 0.6 is 0 Å². The molecule has 1 aromatic rings. The Balaban J connectivity index is 2.02. The summed E-state index contributed by atoms with van der Waals surface area (Å²) in [5.74, 6) is 2.31. The molecular formula is C16H25NO. The second-order valence-electron chi connectivity index (χ2n) is 5.79. The summed E-state index contributed by atoms with van der Waals surface area (Å²) in [6.07, 6.45) is 1.06. The Morgan fingerprint density at radius 3 is 2.72 bits per heavy atom. The first-order chi connectivity index (χ1) is 8.58. The summed E-state index contributed by atoms with van der Waals surface area (Å²) < 4.78 is 5.56. The fraction of sp³-hybridized carbons (Fsp3) is 0.625. The van der Waals surface area contributed by atoms with Gasteiger partial charge in [0.2, 0.25) is 0 Å². The zero-order valence-corrected chi connectivity index (χ0v) is 12.0. The van der Waals surface area contributed by atoms with Gasteiger partial charge in [-0.3, -0.25) is 0 Å². The molecule has 2 unspecified atom stereocenters. The van der Waals surface area contributed by atoms with Crippen molar-refractivity contribution in [3.63, 3.8) is 0 Å². The molecule has 0 saturated heterocycles. The van der Waals surface area contributed by atoms with E-state index in [0.717, 1.165) is 25.3 Å². The maximum atomic E-state index is 5.56. The van der Waals surface area contributed by atoms with Crippen LogP contribution in [0.4, 0.5) is 0 Å². The van der Waals surface area contributed by atoms with Crippen molar-refractivity contribution in [2.24, 2.45) is 5.92 Å². The van der Waals surface area contributed by atoms with Crippen LogP contribution in [0.5, 0.6) is 5.75 Å². The molecule has 1 N–H and O–H groups in total. The van der Waals surface area contributed by atoms with E-state index in [0.29, 0.717) is 17.9 Å². The van der Waals surface area contributed by atoms with Crippen LogP contribution < -0.4 is 10.1 Å². The number of ether oxygens (including phenoxy) is 1. The summed E-state index contributed by atoms with van der Waals surface area (Å²) in [6, 6.07) is 7.25. The summed E-state index contributed by atoms with van der Waals surface area (Å²) in [6.45, 7) is 11.0. The van der Waals surface area contributed by atoms with Crippen molar-refractivity contribution in [3.05, 3.63) is 29.3 Å². The molecule has 2 atom stereocenters. The van der Waals surface area contributed by atoms with Gasteiger partial charge in [-0.2, -0.15) is 0 Å². The third kappa shape index (κ3) is 3.05. The molecule has 0 aromatic heterocycles. The lowest BCUT2D eigenvalue weighted by atomic mass is 9.87. The zero-order chi connectivity index (χ0) is 13.1. The number of hydrogen-bond acceptors (Lipinski definition) is 2. The average Bonchev–Trinajstić information content (AvgIpc) is 2.81. The van der Waals surface area contributed by atoms with Gasteiger partial charge in [0, 0.05) is 12.5 Å². The number of fused-ring (bicyclic) bond motifs is 1. The molecule has 18 heavy (non-hydrogen) atoms. The Bertz CT molecular complexity index is 400. The molecule has 0 saturated carbocycles. The summed E-state index contributed by atoms with van der Waals surface area (Å²) in [4.78, 5) is 0. The van der Waals surface area contributed by atoms with E-state index in [9.17, 15) is 0 Å². The van der Waals surface area contributed by atoms with E-state index < -0.39 is 0 Å². The van der Waals surface area contributed by atoms with E-state index in [1.807, 2.05) is 0 Å². The van der Waals surface area contributed by atoms with Crippen LogP contribution in [0.1, 0.15) is 44.7 Å². The molecule has 100 valence electrons. The number of benzene rings is 1. The van der Waals surface area contributed by atoms with Gasteiger partial charge in [-0.1, -0.05) is 39.8 Å². The molecule has 0 radical (unpaired) electrons. The highest BCUT2D eigenvalue weighted by atomic mass is 16.5. The Kier molecular flexibility index (Phi) is 4.28. The predicted molar refractivity (Wildman–Crippen MR) is 76.4 cm³/mol. The molecule has 0 spiro atoms. The van der Waals surface area contributed by atoms with Crippen LogP contribution in [0.2, 0.25) is 0 Å². The first-order valence-electron chi connectivity index (χ1n) is 7.07. The zero-order valence-electron chi connectivity index (χ0n) is 12.0. The van der Waals surface area contributed by atoms with Crippen molar-refractivity contribution < 1.29 is 4.74 Å². The summed E-state index contributed by atoms with van der Waals surface area (Å²) in [5.41, 5.74) is 2.82. The van der Waals surface area contributed by atoms with Gasteiger partial charge in [0.05, 0.1) is 6.61 Å². The van der Waals surface area contributed by atoms with E-state index >= 15 is 0 Å². The predicted octanol–water partition coefficient (Wildman–Crippen LogP) is 3.36. The van der Waals surface area contributed by atoms with Gasteiger partial charge < -0.3 is 10.1 Å². The van der Waals surface area contributed by atoms with Crippen molar-refractivity contribution >= 4 is 0 Å². The maximum Gasteiger partial charge on any atom is 0.122 e. The number of nitrogens with one attached hydrogen (secondary N) is 1. The molecule has 1 aliphatic rings. The molecule has 1 aliphatic heterocycles. The van der Waals surface area contributed by atoms with Gasteiger partial charge in [-0.25, -0.2) is 0 Å². The van der Waals surface area contributed by atoms with Gasteiger partial charge in [-0.15, -0.1) is 0 Å².